The molecule has 1 amide bonds. The van der Waals surface area contributed by atoms with E-state index in [1.807, 2.05) is 24.3 Å². The van der Waals surface area contributed by atoms with Crippen LogP contribution in [0, 0.1) is 5.92 Å². The zero-order valence-corrected chi connectivity index (χ0v) is 14.7. The van der Waals surface area contributed by atoms with Gasteiger partial charge in [0.1, 0.15) is 5.75 Å². The third-order valence-electron chi connectivity index (χ3n) is 4.42. The number of nitrogens with zero attached hydrogens (tertiary/aromatic N) is 2. The highest BCUT2D eigenvalue weighted by Gasteiger charge is 2.21. The fraction of sp³-hybridized carbons (Fsp3) is 0.611. The van der Waals surface area contributed by atoms with Gasteiger partial charge in [-0.05, 0) is 30.7 Å². The van der Waals surface area contributed by atoms with Gasteiger partial charge in [0.15, 0.2) is 0 Å². The smallest absolute Gasteiger partial charge is 0.234 e. The van der Waals surface area contributed by atoms with Crippen LogP contribution in [-0.4, -0.2) is 62.6 Å². The van der Waals surface area contributed by atoms with Crippen molar-refractivity contribution >= 4 is 5.91 Å². The molecule has 1 aliphatic rings. The molecule has 1 N–H and O–H groups in total. The standard InChI is InChI=1S/C18H29N3O2/c1-14(2)18(15-5-7-16(23-4)8-6-15)19-17(22)13-21-11-9-20(3)10-12-21/h5-8,14,18H,9-13H2,1-4H3,(H,19,22)/t18-/m1/s1. The van der Waals surface area contributed by atoms with Crippen LogP contribution in [0.4, 0.5) is 0 Å². The summed E-state index contributed by atoms with van der Waals surface area (Å²) in [7, 11) is 3.78. The number of hydrogen-bond donors (Lipinski definition) is 1. The largest absolute Gasteiger partial charge is 0.497 e. The van der Waals surface area contributed by atoms with E-state index in [1.165, 1.54) is 0 Å². The normalized spacial score (nSPS) is 18.0. The van der Waals surface area contributed by atoms with Crippen molar-refractivity contribution < 1.29 is 9.53 Å². The number of likely N-dealkylation sites (N-methyl/N-ethyl adjacent to an activating group) is 1. The molecule has 1 atom stereocenters. The van der Waals surface area contributed by atoms with Gasteiger partial charge in [0, 0.05) is 26.2 Å². The van der Waals surface area contributed by atoms with E-state index >= 15 is 0 Å². The molecule has 0 aliphatic carbocycles. The maximum absolute atomic E-state index is 12.4. The van der Waals surface area contributed by atoms with E-state index in [1.54, 1.807) is 7.11 Å². The summed E-state index contributed by atoms with van der Waals surface area (Å²) in [6.07, 6.45) is 0. The van der Waals surface area contributed by atoms with Gasteiger partial charge in [0.05, 0.1) is 19.7 Å². The van der Waals surface area contributed by atoms with Crippen molar-refractivity contribution in [3.63, 3.8) is 0 Å². The van der Waals surface area contributed by atoms with Gasteiger partial charge in [-0.25, -0.2) is 0 Å². The molecule has 0 bridgehead atoms. The van der Waals surface area contributed by atoms with E-state index in [4.69, 9.17) is 4.74 Å². The molecule has 1 aliphatic heterocycles. The molecule has 5 heteroatoms. The molecular weight excluding hydrogens is 290 g/mol. The Labute approximate surface area is 139 Å². The monoisotopic (exact) mass is 319 g/mol. The number of methoxy groups -OCH3 is 1. The minimum Gasteiger partial charge on any atom is -0.497 e. The van der Waals surface area contributed by atoms with Crippen LogP contribution in [0.25, 0.3) is 0 Å². The second kappa shape index (κ2) is 8.31. The average molecular weight is 319 g/mol. The van der Waals surface area contributed by atoms with Crippen molar-refractivity contribution in [3.05, 3.63) is 29.8 Å². The van der Waals surface area contributed by atoms with Gasteiger partial charge in [-0.1, -0.05) is 26.0 Å². The Morgan fingerprint density at radius 3 is 2.30 bits per heavy atom. The molecule has 1 aromatic carbocycles. The van der Waals surface area contributed by atoms with E-state index in [-0.39, 0.29) is 11.9 Å². The van der Waals surface area contributed by atoms with Gasteiger partial charge in [0.2, 0.25) is 5.91 Å². The number of rotatable bonds is 6. The van der Waals surface area contributed by atoms with Crippen LogP contribution in [0.15, 0.2) is 24.3 Å². The predicted molar refractivity (Wildman–Crippen MR) is 92.7 cm³/mol. The van der Waals surface area contributed by atoms with E-state index in [0.29, 0.717) is 12.5 Å². The van der Waals surface area contributed by atoms with Crippen LogP contribution in [0.3, 0.4) is 0 Å². The molecule has 0 saturated carbocycles. The van der Waals surface area contributed by atoms with Crippen molar-refractivity contribution in [3.8, 4) is 5.75 Å². The second-order valence-corrected chi connectivity index (χ2v) is 6.64. The molecule has 0 aromatic heterocycles. The Morgan fingerprint density at radius 2 is 1.78 bits per heavy atom. The van der Waals surface area contributed by atoms with Gasteiger partial charge in [-0.2, -0.15) is 0 Å². The SMILES string of the molecule is COc1ccc([C@H](NC(=O)CN2CCN(C)CC2)C(C)C)cc1. The highest BCUT2D eigenvalue weighted by molar-refractivity contribution is 5.78. The van der Waals surface area contributed by atoms with Gasteiger partial charge >= 0.3 is 0 Å². The summed E-state index contributed by atoms with van der Waals surface area (Å²) in [4.78, 5) is 16.9. The summed E-state index contributed by atoms with van der Waals surface area (Å²) in [6.45, 7) is 8.71. The number of benzene rings is 1. The van der Waals surface area contributed by atoms with E-state index in [2.05, 4.69) is 36.0 Å². The lowest BCUT2D eigenvalue weighted by Gasteiger charge is -2.32. The minimum atomic E-state index is 0.0286. The molecule has 1 aromatic rings. The van der Waals surface area contributed by atoms with Gasteiger partial charge in [0.25, 0.3) is 0 Å². The second-order valence-electron chi connectivity index (χ2n) is 6.64. The summed E-state index contributed by atoms with van der Waals surface area (Å²) in [6, 6.07) is 7.97. The van der Waals surface area contributed by atoms with Crippen LogP contribution in [-0.2, 0) is 4.79 Å². The summed E-state index contributed by atoms with van der Waals surface area (Å²) in [5.41, 5.74) is 1.12. The first-order chi connectivity index (χ1) is 11.0. The highest BCUT2D eigenvalue weighted by atomic mass is 16.5. The summed E-state index contributed by atoms with van der Waals surface area (Å²) >= 11 is 0. The lowest BCUT2D eigenvalue weighted by Crippen LogP contribution is -2.48. The molecule has 0 unspecified atom stereocenters. The van der Waals surface area contributed by atoms with Crippen molar-refractivity contribution in [2.45, 2.75) is 19.9 Å². The third-order valence-corrected chi connectivity index (χ3v) is 4.42. The number of carbonyl (C=O) groups excluding carboxylic acids is 1. The molecule has 128 valence electrons. The van der Waals surface area contributed by atoms with Crippen LogP contribution < -0.4 is 10.1 Å². The topological polar surface area (TPSA) is 44.8 Å². The van der Waals surface area contributed by atoms with Crippen LogP contribution in [0.1, 0.15) is 25.5 Å². The molecule has 5 nitrogen and oxygen atoms in total. The van der Waals surface area contributed by atoms with Gasteiger partial charge in [-0.3, -0.25) is 9.69 Å². The molecule has 1 saturated heterocycles. The lowest BCUT2D eigenvalue weighted by molar-refractivity contribution is -0.123. The van der Waals surface area contributed by atoms with Crippen molar-refractivity contribution in [2.75, 3.05) is 46.9 Å². The van der Waals surface area contributed by atoms with E-state index < -0.39 is 0 Å². The lowest BCUT2D eigenvalue weighted by atomic mass is 9.96. The minimum absolute atomic E-state index is 0.0286. The Kier molecular flexibility index (Phi) is 6.42. The number of ether oxygens (including phenoxy) is 1. The summed E-state index contributed by atoms with van der Waals surface area (Å²) < 4.78 is 5.20. The fourth-order valence-electron chi connectivity index (χ4n) is 2.87. The molecule has 0 spiro atoms. The Morgan fingerprint density at radius 1 is 1.17 bits per heavy atom. The molecule has 1 heterocycles. The van der Waals surface area contributed by atoms with Crippen LogP contribution in [0.5, 0.6) is 5.75 Å². The fourth-order valence-corrected chi connectivity index (χ4v) is 2.87. The molecular formula is C18H29N3O2. The maximum Gasteiger partial charge on any atom is 0.234 e. The van der Waals surface area contributed by atoms with Gasteiger partial charge < -0.3 is 15.0 Å². The average Bonchev–Trinajstić information content (AvgIpc) is 2.55. The summed E-state index contributed by atoms with van der Waals surface area (Å²) in [5.74, 6) is 1.27. The first-order valence-corrected chi connectivity index (χ1v) is 8.34. The Hall–Kier alpha value is -1.59. The van der Waals surface area contributed by atoms with Gasteiger partial charge in [-0.15, -0.1) is 0 Å². The maximum atomic E-state index is 12.4. The number of nitrogens with one attached hydrogen (secondary N) is 1. The highest BCUT2D eigenvalue weighted by Crippen LogP contribution is 2.23. The zero-order valence-electron chi connectivity index (χ0n) is 14.7. The number of carbonyl (C=O) groups is 1. The molecule has 0 radical (unpaired) electrons. The quantitative estimate of drug-likeness (QED) is 0.868. The number of piperazine rings is 1. The van der Waals surface area contributed by atoms with Crippen molar-refractivity contribution in [2.24, 2.45) is 5.92 Å². The van der Waals surface area contributed by atoms with Crippen molar-refractivity contribution in [1.82, 2.24) is 15.1 Å². The Balaban J connectivity index is 1.94. The molecule has 1 fully saturated rings. The number of amides is 1. The summed E-state index contributed by atoms with van der Waals surface area (Å²) in [5, 5.41) is 3.19. The third kappa shape index (κ3) is 5.22. The van der Waals surface area contributed by atoms with E-state index in [0.717, 1.165) is 37.5 Å². The molecule has 2 rings (SSSR count). The van der Waals surface area contributed by atoms with Crippen LogP contribution >= 0.6 is 0 Å². The Bertz CT molecular complexity index is 493. The first-order valence-electron chi connectivity index (χ1n) is 8.34. The van der Waals surface area contributed by atoms with E-state index in [9.17, 15) is 4.79 Å². The van der Waals surface area contributed by atoms with Crippen molar-refractivity contribution in [1.29, 1.82) is 0 Å². The van der Waals surface area contributed by atoms with Crippen LogP contribution in [0.2, 0.25) is 0 Å². The first kappa shape index (κ1) is 17.8. The predicted octanol–water partition coefficient (Wildman–Crippen LogP) is 1.76. The number of hydrogen-bond acceptors (Lipinski definition) is 4. The molecule has 23 heavy (non-hydrogen) atoms. The zero-order chi connectivity index (χ0) is 16.8.